The third-order valence-electron chi connectivity index (χ3n) is 4.63. The number of aryl methyl sites for hydroxylation is 1. The summed E-state index contributed by atoms with van der Waals surface area (Å²) < 4.78 is 6.99. The van der Waals surface area contributed by atoms with Gasteiger partial charge in [-0.15, -0.1) is 0 Å². The van der Waals surface area contributed by atoms with E-state index in [0.717, 1.165) is 35.1 Å². The number of H-pyrrole nitrogens is 1. The van der Waals surface area contributed by atoms with Gasteiger partial charge in [0.2, 0.25) is 0 Å². The van der Waals surface area contributed by atoms with Crippen molar-refractivity contribution in [1.82, 2.24) is 14.6 Å². The second kappa shape index (κ2) is 7.68. The predicted molar refractivity (Wildman–Crippen MR) is 112 cm³/mol. The number of para-hydroxylation sites is 1. The number of aromatic amines is 1. The van der Waals surface area contributed by atoms with Crippen LogP contribution in [0.5, 0.6) is 5.75 Å². The van der Waals surface area contributed by atoms with Crippen molar-refractivity contribution in [3.05, 3.63) is 70.3 Å². The molecule has 0 aliphatic rings. The van der Waals surface area contributed by atoms with E-state index >= 15 is 0 Å². The molecule has 2 aromatic carbocycles. The molecule has 2 aromatic heterocycles. The summed E-state index contributed by atoms with van der Waals surface area (Å²) in [6.07, 6.45) is 3.79. The average molecular weight is 374 g/mol. The molecule has 4 aromatic rings. The molecule has 0 spiro atoms. The van der Waals surface area contributed by atoms with Crippen LogP contribution in [0.25, 0.3) is 21.9 Å². The molecule has 2 heterocycles. The topological polar surface area (TPSA) is 72.3 Å². The Labute approximate surface area is 162 Å². The van der Waals surface area contributed by atoms with E-state index < -0.39 is 0 Å². The highest BCUT2D eigenvalue weighted by molar-refractivity contribution is 6.04. The number of benzene rings is 2. The van der Waals surface area contributed by atoms with Crippen molar-refractivity contribution >= 4 is 28.2 Å². The Hall–Kier alpha value is -3.41. The van der Waals surface area contributed by atoms with Crippen molar-refractivity contribution < 1.29 is 4.74 Å². The van der Waals surface area contributed by atoms with Crippen LogP contribution in [0.3, 0.4) is 0 Å². The first-order valence-corrected chi connectivity index (χ1v) is 9.44. The van der Waals surface area contributed by atoms with Gasteiger partial charge in [-0.05, 0) is 49.2 Å². The number of aromatic nitrogens is 3. The zero-order valence-electron chi connectivity index (χ0n) is 16.0. The predicted octanol–water partition coefficient (Wildman–Crippen LogP) is 4.25. The number of unbranched alkanes of at least 4 members (excludes halogenated alkanes) is 1. The van der Waals surface area contributed by atoms with E-state index in [1.54, 1.807) is 13.1 Å². The first kappa shape index (κ1) is 18.0. The second-order valence-corrected chi connectivity index (χ2v) is 6.69. The van der Waals surface area contributed by atoms with Crippen molar-refractivity contribution in [2.24, 2.45) is 5.10 Å². The number of nitrogens with one attached hydrogen (secondary N) is 1. The van der Waals surface area contributed by atoms with Gasteiger partial charge in [-0.25, -0.2) is 4.98 Å². The standard InChI is InChI=1S/C22H22N4O2/c1-3-4-13-28-17-11-9-16(10-12-17)14-23-26-15(2)24-20-18-7-5-6-8-19(18)25-21(20)22(26)27/h5-12,14,25H,3-4,13H2,1-2H3/b23-14+. The molecule has 6 heteroatoms. The second-order valence-electron chi connectivity index (χ2n) is 6.69. The molecule has 0 atom stereocenters. The molecule has 0 aliphatic heterocycles. The van der Waals surface area contributed by atoms with Crippen LogP contribution in [0.15, 0.2) is 58.4 Å². The lowest BCUT2D eigenvalue weighted by Crippen LogP contribution is -2.20. The summed E-state index contributed by atoms with van der Waals surface area (Å²) in [6.45, 7) is 4.63. The molecule has 1 N–H and O–H groups in total. The minimum Gasteiger partial charge on any atom is -0.494 e. The minimum atomic E-state index is -0.213. The highest BCUT2D eigenvalue weighted by Crippen LogP contribution is 2.21. The summed E-state index contributed by atoms with van der Waals surface area (Å²) in [4.78, 5) is 20.6. The van der Waals surface area contributed by atoms with Crippen LogP contribution in [0, 0.1) is 6.92 Å². The number of fused-ring (bicyclic) bond motifs is 3. The highest BCUT2D eigenvalue weighted by Gasteiger charge is 2.12. The molecule has 142 valence electrons. The van der Waals surface area contributed by atoms with E-state index in [1.165, 1.54) is 4.68 Å². The molecule has 0 saturated carbocycles. The molecule has 0 bridgehead atoms. The van der Waals surface area contributed by atoms with Gasteiger partial charge in [0.1, 0.15) is 22.6 Å². The average Bonchev–Trinajstić information content (AvgIpc) is 3.08. The third-order valence-corrected chi connectivity index (χ3v) is 4.63. The Morgan fingerprint density at radius 2 is 1.96 bits per heavy atom. The van der Waals surface area contributed by atoms with Gasteiger partial charge in [-0.3, -0.25) is 4.79 Å². The van der Waals surface area contributed by atoms with E-state index in [1.807, 2.05) is 48.5 Å². The first-order valence-electron chi connectivity index (χ1n) is 9.44. The van der Waals surface area contributed by atoms with Crippen molar-refractivity contribution in [2.45, 2.75) is 26.7 Å². The van der Waals surface area contributed by atoms with Gasteiger partial charge in [-0.1, -0.05) is 31.5 Å². The van der Waals surface area contributed by atoms with Gasteiger partial charge in [0.15, 0.2) is 0 Å². The summed E-state index contributed by atoms with van der Waals surface area (Å²) >= 11 is 0. The number of rotatable bonds is 6. The lowest BCUT2D eigenvalue weighted by Gasteiger charge is -2.05. The van der Waals surface area contributed by atoms with Crippen LogP contribution < -0.4 is 10.3 Å². The molecule has 0 fully saturated rings. The lowest BCUT2D eigenvalue weighted by molar-refractivity contribution is 0.309. The van der Waals surface area contributed by atoms with Crippen molar-refractivity contribution in [3.63, 3.8) is 0 Å². The van der Waals surface area contributed by atoms with Gasteiger partial charge in [0.25, 0.3) is 5.56 Å². The fraction of sp³-hybridized carbons (Fsp3) is 0.227. The van der Waals surface area contributed by atoms with E-state index in [9.17, 15) is 4.79 Å². The number of hydrogen-bond acceptors (Lipinski definition) is 4. The fourth-order valence-corrected chi connectivity index (χ4v) is 3.10. The van der Waals surface area contributed by atoms with Crippen molar-refractivity contribution in [2.75, 3.05) is 6.61 Å². The van der Waals surface area contributed by atoms with Crippen LogP contribution in [-0.2, 0) is 0 Å². The zero-order chi connectivity index (χ0) is 19.5. The quantitative estimate of drug-likeness (QED) is 0.405. The third kappa shape index (κ3) is 3.41. The molecular formula is C22H22N4O2. The summed E-state index contributed by atoms with van der Waals surface area (Å²) in [7, 11) is 0. The summed E-state index contributed by atoms with van der Waals surface area (Å²) in [5.41, 5.74) is 2.70. The number of nitrogens with zero attached hydrogens (tertiary/aromatic N) is 3. The van der Waals surface area contributed by atoms with Gasteiger partial charge < -0.3 is 9.72 Å². The molecule has 0 amide bonds. The van der Waals surface area contributed by atoms with Crippen LogP contribution in [0.1, 0.15) is 31.2 Å². The minimum absolute atomic E-state index is 0.213. The largest absolute Gasteiger partial charge is 0.494 e. The molecule has 28 heavy (non-hydrogen) atoms. The lowest BCUT2D eigenvalue weighted by atomic mass is 10.2. The molecule has 0 radical (unpaired) electrons. The molecule has 4 rings (SSSR count). The zero-order valence-corrected chi connectivity index (χ0v) is 16.0. The van der Waals surface area contributed by atoms with Crippen molar-refractivity contribution in [3.8, 4) is 5.75 Å². The first-order chi connectivity index (χ1) is 13.7. The normalized spacial score (nSPS) is 11.6. The van der Waals surface area contributed by atoms with Crippen molar-refractivity contribution in [1.29, 1.82) is 0 Å². The van der Waals surface area contributed by atoms with Crippen LogP contribution >= 0.6 is 0 Å². The van der Waals surface area contributed by atoms with Gasteiger partial charge in [0, 0.05) is 10.9 Å². The Bertz CT molecular complexity index is 1200. The molecule has 6 nitrogen and oxygen atoms in total. The smallest absolute Gasteiger partial charge is 0.298 e. The Morgan fingerprint density at radius 3 is 2.75 bits per heavy atom. The number of ether oxygens (including phenoxy) is 1. The monoisotopic (exact) mass is 374 g/mol. The molecule has 0 saturated heterocycles. The van der Waals surface area contributed by atoms with Gasteiger partial charge in [-0.2, -0.15) is 9.78 Å². The maximum Gasteiger partial charge on any atom is 0.298 e. The van der Waals surface area contributed by atoms with E-state index in [4.69, 9.17) is 4.74 Å². The molecule has 0 aliphatic carbocycles. The van der Waals surface area contributed by atoms with Gasteiger partial charge >= 0.3 is 0 Å². The molecule has 0 unspecified atom stereocenters. The maximum atomic E-state index is 12.9. The van der Waals surface area contributed by atoms with E-state index in [0.29, 0.717) is 23.5 Å². The number of hydrogen-bond donors (Lipinski definition) is 1. The van der Waals surface area contributed by atoms with Crippen LogP contribution in [0.2, 0.25) is 0 Å². The Kier molecular flexibility index (Phi) is 4.93. The Balaban J connectivity index is 1.64. The highest BCUT2D eigenvalue weighted by atomic mass is 16.5. The van der Waals surface area contributed by atoms with E-state index in [2.05, 4.69) is 22.0 Å². The van der Waals surface area contributed by atoms with Gasteiger partial charge in [0.05, 0.1) is 12.8 Å². The van der Waals surface area contributed by atoms with E-state index in [-0.39, 0.29) is 5.56 Å². The van der Waals surface area contributed by atoms with Crippen LogP contribution in [0.4, 0.5) is 0 Å². The SMILES string of the molecule is CCCCOc1ccc(/C=N/n2c(C)nc3c([nH]c4ccccc43)c2=O)cc1. The summed E-state index contributed by atoms with van der Waals surface area (Å²) in [5.74, 6) is 1.37. The summed E-state index contributed by atoms with van der Waals surface area (Å²) in [6, 6.07) is 15.4. The summed E-state index contributed by atoms with van der Waals surface area (Å²) in [5, 5.41) is 5.29. The fourth-order valence-electron chi connectivity index (χ4n) is 3.10. The van der Waals surface area contributed by atoms with Crippen LogP contribution in [-0.4, -0.2) is 27.5 Å². The maximum absolute atomic E-state index is 12.9. The Morgan fingerprint density at radius 1 is 1.18 bits per heavy atom. The molecular weight excluding hydrogens is 352 g/mol.